The molecular weight excluding hydrogens is 292 g/mol. The molecule has 0 bridgehead atoms. The van der Waals surface area contributed by atoms with Gasteiger partial charge in [-0.1, -0.05) is 0 Å². The molecule has 2 heterocycles. The lowest BCUT2D eigenvalue weighted by Gasteiger charge is -2.40. The molecule has 124 valence electrons. The van der Waals surface area contributed by atoms with Gasteiger partial charge >= 0.3 is 0 Å². The van der Waals surface area contributed by atoms with Crippen LogP contribution in [-0.4, -0.2) is 104 Å². The van der Waals surface area contributed by atoms with Crippen molar-refractivity contribution in [3.8, 4) is 0 Å². The quantitative estimate of drug-likeness (QED) is 0.268. The molecule has 2 rings (SSSR count). The largest absolute Gasteiger partial charge is 0.388 e. The van der Waals surface area contributed by atoms with Gasteiger partial charge in [0, 0.05) is 0 Å². The van der Waals surface area contributed by atoms with Gasteiger partial charge in [0.25, 0.3) is 0 Å². The van der Waals surface area contributed by atoms with Crippen LogP contribution in [0.4, 0.5) is 0 Å². The first-order valence-corrected chi connectivity index (χ1v) is 6.48. The van der Waals surface area contributed by atoms with Crippen molar-refractivity contribution in [3.63, 3.8) is 0 Å². The molecule has 21 heavy (non-hydrogen) atoms. The molecule has 0 aromatic carbocycles. The maximum absolute atomic E-state index is 9.70. The van der Waals surface area contributed by atoms with E-state index in [0.29, 0.717) is 0 Å². The molecular formula is C11H20O10. The summed E-state index contributed by atoms with van der Waals surface area (Å²) in [5.74, 6) is 0. The van der Waals surface area contributed by atoms with Crippen molar-refractivity contribution in [2.45, 2.75) is 55.3 Å². The highest BCUT2D eigenvalue weighted by Crippen LogP contribution is 2.22. The first-order chi connectivity index (χ1) is 9.82. The summed E-state index contributed by atoms with van der Waals surface area (Å²) in [5.41, 5.74) is 0. The van der Waals surface area contributed by atoms with Crippen molar-refractivity contribution >= 4 is 0 Å². The van der Waals surface area contributed by atoms with Crippen LogP contribution in [0.5, 0.6) is 0 Å². The van der Waals surface area contributed by atoms with Gasteiger partial charge in [0.2, 0.25) is 0 Å². The Morgan fingerprint density at radius 1 is 0.810 bits per heavy atom. The molecule has 9 atom stereocenters. The van der Waals surface area contributed by atoms with Crippen LogP contribution in [-0.2, 0) is 14.2 Å². The van der Waals surface area contributed by atoms with Gasteiger partial charge in [0.1, 0.15) is 42.7 Å². The highest BCUT2D eigenvalue weighted by Gasteiger charge is 2.44. The minimum Gasteiger partial charge on any atom is -0.388 e. The standard InChI is InChI=1S/C11H20O10/c12-3-1-19-11(9(17)5(3)13)20-2-4-6(14)7(15)8(16)10(18)21-4/h3-18H,1-2H2/t3?,4-,5+,6-,7+,8-,9?,10-,11?/m1/s1. The Hall–Kier alpha value is -0.400. The second kappa shape index (κ2) is 6.79. The van der Waals surface area contributed by atoms with Gasteiger partial charge in [-0.3, -0.25) is 0 Å². The topological polar surface area (TPSA) is 169 Å². The predicted octanol–water partition coefficient (Wildman–Crippen LogP) is -4.76. The van der Waals surface area contributed by atoms with E-state index in [2.05, 4.69) is 0 Å². The molecule has 3 unspecified atom stereocenters. The van der Waals surface area contributed by atoms with Gasteiger partial charge in [-0.05, 0) is 0 Å². The Labute approximate surface area is 119 Å². The molecule has 0 aromatic rings. The summed E-state index contributed by atoms with van der Waals surface area (Å²) in [4.78, 5) is 0. The Morgan fingerprint density at radius 3 is 2.14 bits per heavy atom. The van der Waals surface area contributed by atoms with E-state index in [4.69, 9.17) is 14.2 Å². The van der Waals surface area contributed by atoms with Crippen molar-refractivity contribution in [1.29, 1.82) is 0 Å². The average Bonchev–Trinajstić information content (AvgIpc) is 2.46. The monoisotopic (exact) mass is 312 g/mol. The summed E-state index contributed by atoms with van der Waals surface area (Å²) in [5, 5.41) is 66.2. The van der Waals surface area contributed by atoms with Crippen molar-refractivity contribution < 1.29 is 50.0 Å². The molecule has 0 aromatic heterocycles. The second-order valence-electron chi connectivity index (χ2n) is 5.12. The van der Waals surface area contributed by atoms with Gasteiger partial charge < -0.3 is 50.0 Å². The van der Waals surface area contributed by atoms with E-state index in [1.807, 2.05) is 0 Å². The molecule has 2 aliphatic heterocycles. The first-order valence-electron chi connectivity index (χ1n) is 6.48. The molecule has 0 spiro atoms. The lowest BCUT2D eigenvalue weighted by Crippen LogP contribution is -2.59. The lowest BCUT2D eigenvalue weighted by atomic mass is 9.99. The fourth-order valence-corrected chi connectivity index (χ4v) is 2.18. The van der Waals surface area contributed by atoms with Crippen LogP contribution in [0.25, 0.3) is 0 Å². The maximum Gasteiger partial charge on any atom is 0.186 e. The highest BCUT2D eigenvalue weighted by molar-refractivity contribution is 4.89. The van der Waals surface area contributed by atoms with E-state index in [9.17, 15) is 35.7 Å². The van der Waals surface area contributed by atoms with Gasteiger partial charge in [-0.15, -0.1) is 0 Å². The molecule has 2 aliphatic rings. The molecule has 0 aliphatic carbocycles. The van der Waals surface area contributed by atoms with E-state index >= 15 is 0 Å². The number of hydrogen-bond acceptors (Lipinski definition) is 10. The van der Waals surface area contributed by atoms with Crippen LogP contribution in [0.3, 0.4) is 0 Å². The van der Waals surface area contributed by atoms with Gasteiger partial charge in [0.15, 0.2) is 12.6 Å². The Balaban J connectivity index is 1.88. The van der Waals surface area contributed by atoms with E-state index < -0.39 is 55.3 Å². The van der Waals surface area contributed by atoms with Gasteiger partial charge in [0.05, 0.1) is 13.2 Å². The highest BCUT2D eigenvalue weighted by atomic mass is 16.7. The Kier molecular flexibility index (Phi) is 5.48. The fourth-order valence-electron chi connectivity index (χ4n) is 2.18. The predicted molar refractivity (Wildman–Crippen MR) is 62.6 cm³/mol. The number of aliphatic hydroxyl groups is 7. The molecule has 0 amide bonds. The molecule has 2 fully saturated rings. The van der Waals surface area contributed by atoms with Crippen LogP contribution in [0.1, 0.15) is 0 Å². The summed E-state index contributed by atoms with van der Waals surface area (Å²) in [7, 11) is 0. The average molecular weight is 312 g/mol. The third kappa shape index (κ3) is 3.51. The fraction of sp³-hybridized carbons (Fsp3) is 1.00. The lowest BCUT2D eigenvalue weighted by molar-refractivity contribution is -0.312. The molecule has 10 nitrogen and oxygen atoms in total. The van der Waals surface area contributed by atoms with E-state index in [0.717, 1.165) is 0 Å². The van der Waals surface area contributed by atoms with Crippen molar-refractivity contribution in [3.05, 3.63) is 0 Å². The summed E-state index contributed by atoms with van der Waals surface area (Å²) >= 11 is 0. The van der Waals surface area contributed by atoms with Gasteiger partial charge in [-0.25, -0.2) is 0 Å². The number of aliphatic hydroxyl groups excluding tert-OH is 7. The molecule has 0 radical (unpaired) electrons. The summed E-state index contributed by atoms with van der Waals surface area (Å²) < 4.78 is 15.0. The van der Waals surface area contributed by atoms with Crippen LogP contribution in [0.2, 0.25) is 0 Å². The van der Waals surface area contributed by atoms with Gasteiger partial charge in [-0.2, -0.15) is 0 Å². The van der Waals surface area contributed by atoms with Crippen molar-refractivity contribution in [2.75, 3.05) is 13.2 Å². The number of rotatable bonds is 3. The molecule has 2 saturated heterocycles. The van der Waals surface area contributed by atoms with Crippen LogP contribution in [0, 0.1) is 0 Å². The zero-order chi connectivity index (χ0) is 15.7. The minimum absolute atomic E-state index is 0.249. The maximum atomic E-state index is 9.70. The van der Waals surface area contributed by atoms with Crippen LogP contribution in [0.15, 0.2) is 0 Å². The van der Waals surface area contributed by atoms with Crippen LogP contribution < -0.4 is 0 Å². The van der Waals surface area contributed by atoms with Crippen molar-refractivity contribution in [1.82, 2.24) is 0 Å². The zero-order valence-electron chi connectivity index (χ0n) is 11.0. The summed E-state index contributed by atoms with van der Waals surface area (Å²) in [6, 6.07) is 0. The third-order valence-electron chi connectivity index (χ3n) is 3.57. The van der Waals surface area contributed by atoms with E-state index in [-0.39, 0.29) is 13.2 Å². The zero-order valence-corrected chi connectivity index (χ0v) is 11.0. The second-order valence-corrected chi connectivity index (χ2v) is 5.12. The molecule has 0 saturated carbocycles. The van der Waals surface area contributed by atoms with E-state index in [1.54, 1.807) is 0 Å². The minimum atomic E-state index is -1.69. The summed E-state index contributed by atoms with van der Waals surface area (Å²) in [6.07, 6.45) is -13.1. The summed E-state index contributed by atoms with van der Waals surface area (Å²) in [6.45, 7) is -0.631. The van der Waals surface area contributed by atoms with E-state index in [1.165, 1.54) is 0 Å². The number of hydrogen-bond donors (Lipinski definition) is 7. The molecule has 10 heteroatoms. The Bertz CT molecular complexity index is 341. The first kappa shape index (κ1) is 17.0. The number of ether oxygens (including phenoxy) is 3. The molecule has 7 N–H and O–H groups in total. The van der Waals surface area contributed by atoms with Crippen molar-refractivity contribution in [2.24, 2.45) is 0 Å². The Morgan fingerprint density at radius 2 is 1.48 bits per heavy atom. The van der Waals surface area contributed by atoms with Crippen LogP contribution >= 0.6 is 0 Å². The third-order valence-corrected chi connectivity index (χ3v) is 3.57. The SMILES string of the molecule is OC1COC(OC[C@H]2O[C@@H](O)[C@H](O)[C@@H](O)[C@@H]2O)C(O)[C@H]1O. The normalized spacial score (nSPS) is 51.9. The smallest absolute Gasteiger partial charge is 0.186 e.